The molecule has 1 atom stereocenters. The van der Waals surface area contributed by atoms with Crippen LogP contribution in [0.15, 0.2) is 24.4 Å². The standard InChI is InChI=1S/C13H21N3O4S/c1-10(2)12(13(17)20-4)15-21(18,19)16(3)9-11-7-5-6-8-14-11/h5-8,10,12,15H,9H2,1-4H3/t12-/m0/s1. The summed E-state index contributed by atoms with van der Waals surface area (Å²) in [6.07, 6.45) is 1.59. The van der Waals surface area contributed by atoms with Crippen LogP contribution in [-0.4, -0.2) is 43.9 Å². The Hall–Kier alpha value is -1.51. The molecule has 0 fully saturated rings. The molecule has 118 valence electrons. The zero-order valence-corrected chi connectivity index (χ0v) is 13.4. The van der Waals surface area contributed by atoms with Gasteiger partial charge >= 0.3 is 5.97 Å². The number of carbonyl (C=O) groups is 1. The average Bonchev–Trinajstić information content (AvgIpc) is 2.44. The largest absolute Gasteiger partial charge is 0.468 e. The average molecular weight is 315 g/mol. The number of carbonyl (C=O) groups excluding carboxylic acids is 1. The molecule has 1 heterocycles. The predicted octanol–water partition coefficient (Wildman–Crippen LogP) is 0.545. The van der Waals surface area contributed by atoms with E-state index in [0.717, 1.165) is 4.31 Å². The van der Waals surface area contributed by atoms with Crippen molar-refractivity contribution < 1.29 is 17.9 Å². The molecule has 0 unspecified atom stereocenters. The number of methoxy groups -OCH3 is 1. The van der Waals surface area contributed by atoms with Gasteiger partial charge in [0.25, 0.3) is 10.2 Å². The van der Waals surface area contributed by atoms with Crippen LogP contribution in [0.4, 0.5) is 0 Å². The van der Waals surface area contributed by atoms with Gasteiger partial charge in [-0.2, -0.15) is 17.4 Å². The Morgan fingerprint density at radius 2 is 2.10 bits per heavy atom. The number of esters is 1. The van der Waals surface area contributed by atoms with Gasteiger partial charge in [0.1, 0.15) is 6.04 Å². The van der Waals surface area contributed by atoms with Crippen LogP contribution in [0, 0.1) is 5.92 Å². The molecule has 1 aromatic rings. The topological polar surface area (TPSA) is 88.6 Å². The second-order valence-corrected chi connectivity index (χ2v) is 6.75. The van der Waals surface area contributed by atoms with Crippen LogP contribution in [-0.2, 0) is 26.3 Å². The van der Waals surface area contributed by atoms with Crippen molar-refractivity contribution in [2.75, 3.05) is 14.2 Å². The van der Waals surface area contributed by atoms with Crippen molar-refractivity contribution >= 4 is 16.2 Å². The summed E-state index contributed by atoms with van der Waals surface area (Å²) in [6.45, 7) is 3.59. The Balaban J connectivity index is 2.82. The summed E-state index contributed by atoms with van der Waals surface area (Å²) in [5, 5.41) is 0. The highest BCUT2D eigenvalue weighted by molar-refractivity contribution is 7.87. The first-order chi connectivity index (χ1) is 9.77. The van der Waals surface area contributed by atoms with Gasteiger partial charge in [0.05, 0.1) is 19.3 Å². The number of hydrogen-bond donors (Lipinski definition) is 1. The van der Waals surface area contributed by atoms with Gasteiger partial charge in [0.2, 0.25) is 0 Å². The van der Waals surface area contributed by atoms with E-state index < -0.39 is 22.2 Å². The first-order valence-electron chi connectivity index (χ1n) is 6.49. The Morgan fingerprint density at radius 3 is 2.57 bits per heavy atom. The molecule has 8 heteroatoms. The van der Waals surface area contributed by atoms with Crippen molar-refractivity contribution in [3.8, 4) is 0 Å². The lowest BCUT2D eigenvalue weighted by Gasteiger charge is -2.23. The second-order valence-electron chi connectivity index (χ2n) is 4.94. The molecule has 0 radical (unpaired) electrons. The van der Waals surface area contributed by atoms with Crippen molar-refractivity contribution in [1.29, 1.82) is 0 Å². The van der Waals surface area contributed by atoms with Crippen LogP contribution in [0.2, 0.25) is 0 Å². The summed E-state index contributed by atoms with van der Waals surface area (Å²) in [6, 6.07) is 4.34. The number of nitrogens with one attached hydrogen (secondary N) is 1. The lowest BCUT2D eigenvalue weighted by molar-refractivity contribution is -0.143. The van der Waals surface area contributed by atoms with E-state index in [9.17, 15) is 13.2 Å². The van der Waals surface area contributed by atoms with E-state index in [2.05, 4.69) is 14.4 Å². The van der Waals surface area contributed by atoms with Crippen LogP contribution in [0.1, 0.15) is 19.5 Å². The van der Waals surface area contributed by atoms with Crippen LogP contribution in [0.5, 0.6) is 0 Å². The van der Waals surface area contributed by atoms with Crippen molar-refractivity contribution in [1.82, 2.24) is 14.0 Å². The smallest absolute Gasteiger partial charge is 0.324 e. The minimum atomic E-state index is -3.82. The van der Waals surface area contributed by atoms with E-state index >= 15 is 0 Å². The molecule has 0 spiro atoms. The quantitative estimate of drug-likeness (QED) is 0.742. The number of rotatable bonds is 7. The molecular weight excluding hydrogens is 294 g/mol. The molecular formula is C13H21N3O4S. The molecule has 0 bridgehead atoms. The third kappa shape index (κ3) is 5.07. The highest BCUT2D eigenvalue weighted by Crippen LogP contribution is 2.09. The Kier molecular flexibility index (Phi) is 6.25. The summed E-state index contributed by atoms with van der Waals surface area (Å²) >= 11 is 0. The third-order valence-corrected chi connectivity index (χ3v) is 4.42. The van der Waals surface area contributed by atoms with E-state index in [-0.39, 0.29) is 12.5 Å². The molecule has 21 heavy (non-hydrogen) atoms. The monoisotopic (exact) mass is 315 g/mol. The Bertz CT molecular complexity index is 560. The van der Waals surface area contributed by atoms with Crippen molar-refractivity contribution in [3.63, 3.8) is 0 Å². The highest BCUT2D eigenvalue weighted by Gasteiger charge is 2.30. The summed E-state index contributed by atoms with van der Waals surface area (Å²) < 4.78 is 32.6. The summed E-state index contributed by atoms with van der Waals surface area (Å²) in [4.78, 5) is 15.7. The van der Waals surface area contributed by atoms with Gasteiger partial charge in [0.15, 0.2) is 0 Å². The highest BCUT2D eigenvalue weighted by atomic mass is 32.2. The maximum atomic E-state index is 12.2. The first-order valence-corrected chi connectivity index (χ1v) is 7.93. The molecule has 1 aromatic heterocycles. The van der Waals surface area contributed by atoms with E-state index in [1.165, 1.54) is 14.2 Å². The molecule has 1 rings (SSSR count). The number of aromatic nitrogens is 1. The fraction of sp³-hybridized carbons (Fsp3) is 0.538. The van der Waals surface area contributed by atoms with Gasteiger partial charge in [-0.25, -0.2) is 0 Å². The van der Waals surface area contributed by atoms with Gasteiger partial charge in [-0.1, -0.05) is 19.9 Å². The zero-order valence-electron chi connectivity index (χ0n) is 12.6. The van der Waals surface area contributed by atoms with E-state index in [4.69, 9.17) is 0 Å². The molecule has 0 aliphatic carbocycles. The van der Waals surface area contributed by atoms with Crippen LogP contribution in [0.3, 0.4) is 0 Å². The fourth-order valence-corrected chi connectivity index (χ4v) is 2.81. The van der Waals surface area contributed by atoms with E-state index in [1.807, 2.05) is 0 Å². The molecule has 0 saturated heterocycles. The van der Waals surface area contributed by atoms with E-state index in [0.29, 0.717) is 5.69 Å². The molecule has 7 nitrogen and oxygen atoms in total. The molecule has 0 aromatic carbocycles. The summed E-state index contributed by atoms with van der Waals surface area (Å²) in [7, 11) is -1.17. The molecule has 0 aliphatic rings. The minimum Gasteiger partial charge on any atom is -0.468 e. The zero-order chi connectivity index (χ0) is 16.0. The maximum Gasteiger partial charge on any atom is 0.324 e. The lowest BCUT2D eigenvalue weighted by atomic mass is 10.1. The van der Waals surface area contributed by atoms with Crippen molar-refractivity contribution in [2.24, 2.45) is 5.92 Å². The van der Waals surface area contributed by atoms with Crippen molar-refractivity contribution in [3.05, 3.63) is 30.1 Å². The van der Waals surface area contributed by atoms with Gasteiger partial charge in [0, 0.05) is 13.2 Å². The normalized spacial score (nSPS) is 13.4. The molecule has 0 amide bonds. The lowest BCUT2D eigenvalue weighted by Crippen LogP contribution is -2.49. The predicted molar refractivity (Wildman–Crippen MR) is 78.4 cm³/mol. The summed E-state index contributed by atoms with van der Waals surface area (Å²) in [5.74, 6) is -0.838. The number of hydrogen-bond acceptors (Lipinski definition) is 5. The maximum absolute atomic E-state index is 12.2. The van der Waals surface area contributed by atoms with Crippen LogP contribution < -0.4 is 4.72 Å². The Morgan fingerprint density at radius 1 is 1.43 bits per heavy atom. The second kappa shape index (κ2) is 7.48. The van der Waals surface area contributed by atoms with Crippen LogP contribution in [0.25, 0.3) is 0 Å². The van der Waals surface area contributed by atoms with Crippen LogP contribution >= 0.6 is 0 Å². The Labute approximate surface area is 125 Å². The third-order valence-electron chi connectivity index (χ3n) is 2.92. The fourth-order valence-electron chi connectivity index (χ4n) is 1.64. The van der Waals surface area contributed by atoms with E-state index in [1.54, 1.807) is 38.2 Å². The molecule has 0 saturated carbocycles. The van der Waals surface area contributed by atoms with Gasteiger partial charge in [-0.15, -0.1) is 0 Å². The number of nitrogens with zero attached hydrogens (tertiary/aromatic N) is 2. The number of pyridine rings is 1. The number of ether oxygens (including phenoxy) is 1. The molecule has 0 aliphatic heterocycles. The molecule has 1 N–H and O–H groups in total. The van der Waals surface area contributed by atoms with Crippen molar-refractivity contribution in [2.45, 2.75) is 26.4 Å². The van der Waals surface area contributed by atoms with Gasteiger partial charge in [-0.05, 0) is 18.1 Å². The van der Waals surface area contributed by atoms with Gasteiger partial charge in [-0.3, -0.25) is 9.78 Å². The van der Waals surface area contributed by atoms with Gasteiger partial charge < -0.3 is 4.74 Å². The SMILES string of the molecule is COC(=O)[C@@H](NS(=O)(=O)N(C)Cc1ccccn1)C(C)C. The summed E-state index contributed by atoms with van der Waals surface area (Å²) in [5.41, 5.74) is 0.615. The first kappa shape index (κ1) is 17.5. The minimum absolute atomic E-state index is 0.113.